The number of nitrogens with zero attached hydrogens (tertiary/aromatic N) is 2. The van der Waals surface area contributed by atoms with Crippen molar-refractivity contribution in [1.29, 1.82) is 0 Å². The number of nitrogens with one attached hydrogen (secondary N) is 1. The second-order valence-corrected chi connectivity index (χ2v) is 7.78. The Morgan fingerprint density at radius 2 is 2.00 bits per heavy atom. The molecule has 3 heterocycles. The Balaban J connectivity index is 1.40. The van der Waals surface area contributed by atoms with E-state index in [4.69, 9.17) is 21.3 Å². The smallest absolute Gasteiger partial charge is 0.254 e. The topological polar surface area (TPSA) is 58.2 Å². The summed E-state index contributed by atoms with van der Waals surface area (Å²) in [6, 6.07) is 13.8. The van der Waals surface area contributed by atoms with Crippen molar-refractivity contribution >= 4 is 11.6 Å². The van der Waals surface area contributed by atoms with E-state index < -0.39 is 0 Å². The largest absolute Gasteiger partial charge is 0.493 e. The van der Waals surface area contributed by atoms with Gasteiger partial charge in [0.05, 0.1) is 12.3 Å². The van der Waals surface area contributed by atoms with E-state index >= 15 is 0 Å². The van der Waals surface area contributed by atoms with Crippen LogP contribution in [0.4, 0.5) is 0 Å². The number of aromatic amines is 1. The van der Waals surface area contributed by atoms with Crippen molar-refractivity contribution in [2.75, 3.05) is 13.2 Å². The van der Waals surface area contributed by atoms with Crippen molar-refractivity contribution in [2.24, 2.45) is 0 Å². The lowest BCUT2D eigenvalue weighted by Crippen LogP contribution is -2.35. The molecule has 2 aliphatic heterocycles. The van der Waals surface area contributed by atoms with E-state index in [9.17, 15) is 4.79 Å². The van der Waals surface area contributed by atoms with Gasteiger partial charge in [0.15, 0.2) is 0 Å². The molecule has 0 fully saturated rings. The highest BCUT2D eigenvalue weighted by atomic mass is 35.5. The van der Waals surface area contributed by atoms with Gasteiger partial charge in [0.2, 0.25) is 0 Å². The molecule has 28 heavy (non-hydrogen) atoms. The van der Waals surface area contributed by atoms with Crippen LogP contribution in [-0.2, 0) is 25.9 Å². The van der Waals surface area contributed by atoms with Gasteiger partial charge in [-0.25, -0.2) is 4.98 Å². The molecule has 0 saturated heterocycles. The molecule has 2 aromatic carbocycles. The minimum absolute atomic E-state index is 0.0377. The Morgan fingerprint density at radius 3 is 2.86 bits per heavy atom. The average Bonchev–Trinajstić information content (AvgIpc) is 3.16. The molecule has 0 aliphatic carbocycles. The Hall–Kier alpha value is -2.63. The zero-order chi connectivity index (χ0) is 19.1. The summed E-state index contributed by atoms with van der Waals surface area (Å²) >= 11 is 5.97. The Bertz CT molecular complexity index is 1090. The molecule has 6 heteroatoms. The second-order valence-electron chi connectivity index (χ2n) is 7.35. The van der Waals surface area contributed by atoms with Gasteiger partial charge < -0.3 is 9.72 Å². The zero-order valence-electron chi connectivity index (χ0n) is 15.4. The summed E-state index contributed by atoms with van der Waals surface area (Å²) < 4.78 is 5.60. The summed E-state index contributed by atoms with van der Waals surface area (Å²) in [5, 5.41) is 0.662. The third-order valence-electron chi connectivity index (χ3n) is 5.43. The van der Waals surface area contributed by atoms with Gasteiger partial charge in [0, 0.05) is 42.2 Å². The first-order valence-corrected chi connectivity index (χ1v) is 9.88. The van der Waals surface area contributed by atoms with Crippen molar-refractivity contribution in [3.8, 4) is 17.1 Å². The number of halogens is 1. The van der Waals surface area contributed by atoms with Gasteiger partial charge in [0.1, 0.15) is 11.6 Å². The van der Waals surface area contributed by atoms with Crippen LogP contribution in [0.2, 0.25) is 5.02 Å². The number of fused-ring (bicyclic) bond motifs is 2. The first kappa shape index (κ1) is 17.5. The van der Waals surface area contributed by atoms with E-state index in [1.54, 1.807) is 12.1 Å². The predicted octanol–water partition coefficient (Wildman–Crippen LogP) is 3.58. The van der Waals surface area contributed by atoms with E-state index in [2.05, 4.69) is 28.1 Å². The molecule has 0 spiro atoms. The quantitative estimate of drug-likeness (QED) is 0.738. The maximum absolute atomic E-state index is 12.6. The fourth-order valence-electron chi connectivity index (χ4n) is 3.97. The average molecular weight is 394 g/mol. The van der Waals surface area contributed by atoms with Crippen molar-refractivity contribution in [3.63, 3.8) is 0 Å². The Labute approximate surface area is 168 Å². The first-order valence-electron chi connectivity index (χ1n) is 9.51. The molecule has 0 amide bonds. The van der Waals surface area contributed by atoms with E-state index in [0.717, 1.165) is 48.7 Å². The zero-order valence-corrected chi connectivity index (χ0v) is 16.1. The van der Waals surface area contributed by atoms with Gasteiger partial charge >= 0.3 is 0 Å². The lowest BCUT2D eigenvalue weighted by Gasteiger charge is -2.28. The van der Waals surface area contributed by atoms with Crippen LogP contribution in [0.3, 0.4) is 0 Å². The molecule has 5 nitrogen and oxygen atoms in total. The number of hydrogen-bond donors (Lipinski definition) is 1. The number of aromatic nitrogens is 2. The number of ether oxygens (including phenoxy) is 1. The van der Waals surface area contributed by atoms with Gasteiger partial charge in [-0.05, 0) is 47.9 Å². The molecule has 0 radical (unpaired) electrons. The van der Waals surface area contributed by atoms with E-state index in [0.29, 0.717) is 23.8 Å². The van der Waals surface area contributed by atoms with Gasteiger partial charge in [-0.15, -0.1) is 0 Å². The summed E-state index contributed by atoms with van der Waals surface area (Å²) in [6.45, 7) is 3.15. The number of rotatable bonds is 3. The summed E-state index contributed by atoms with van der Waals surface area (Å²) in [5.74, 6) is 1.60. The molecule has 0 bridgehead atoms. The molecule has 142 valence electrons. The van der Waals surface area contributed by atoms with Crippen molar-refractivity contribution < 1.29 is 4.74 Å². The highest BCUT2D eigenvalue weighted by molar-refractivity contribution is 6.30. The molecule has 0 unspecified atom stereocenters. The van der Waals surface area contributed by atoms with E-state index in [-0.39, 0.29) is 5.56 Å². The first-order chi connectivity index (χ1) is 13.7. The molecular formula is C22H20ClN3O2. The van der Waals surface area contributed by atoms with E-state index in [1.165, 1.54) is 11.1 Å². The summed E-state index contributed by atoms with van der Waals surface area (Å²) in [7, 11) is 0. The van der Waals surface area contributed by atoms with Crippen LogP contribution in [-0.4, -0.2) is 28.0 Å². The molecule has 2 aliphatic rings. The van der Waals surface area contributed by atoms with Crippen molar-refractivity contribution in [3.05, 3.63) is 80.2 Å². The van der Waals surface area contributed by atoms with Crippen LogP contribution in [0.25, 0.3) is 11.4 Å². The Kier molecular flexibility index (Phi) is 4.41. The molecule has 0 saturated carbocycles. The maximum atomic E-state index is 12.6. The van der Waals surface area contributed by atoms with Gasteiger partial charge in [-0.1, -0.05) is 23.7 Å². The molecule has 0 atom stereocenters. The summed E-state index contributed by atoms with van der Waals surface area (Å²) in [5.41, 5.74) is 5.05. The highest BCUT2D eigenvalue weighted by Gasteiger charge is 2.22. The third-order valence-corrected chi connectivity index (χ3v) is 5.68. The van der Waals surface area contributed by atoms with Crippen molar-refractivity contribution in [2.45, 2.75) is 25.9 Å². The number of benzene rings is 2. The van der Waals surface area contributed by atoms with Crippen LogP contribution in [0, 0.1) is 0 Å². The van der Waals surface area contributed by atoms with Crippen LogP contribution >= 0.6 is 11.6 Å². The number of H-pyrrole nitrogens is 1. The maximum Gasteiger partial charge on any atom is 0.254 e. The van der Waals surface area contributed by atoms with Crippen molar-refractivity contribution in [1.82, 2.24) is 14.9 Å². The summed E-state index contributed by atoms with van der Waals surface area (Å²) in [6.07, 6.45) is 1.69. The van der Waals surface area contributed by atoms with Gasteiger partial charge in [0.25, 0.3) is 5.56 Å². The minimum atomic E-state index is -0.0377. The minimum Gasteiger partial charge on any atom is -0.493 e. The van der Waals surface area contributed by atoms with Gasteiger partial charge in [-0.2, -0.15) is 0 Å². The van der Waals surface area contributed by atoms with Crippen LogP contribution in [0.15, 0.2) is 47.3 Å². The fraction of sp³-hybridized carbons (Fsp3) is 0.273. The lowest BCUT2D eigenvalue weighted by atomic mass is 10.0. The predicted molar refractivity (Wildman–Crippen MR) is 109 cm³/mol. The molecule has 3 aromatic rings. The summed E-state index contributed by atoms with van der Waals surface area (Å²) in [4.78, 5) is 22.6. The molecular weight excluding hydrogens is 374 g/mol. The molecule has 5 rings (SSSR count). The van der Waals surface area contributed by atoms with Crippen LogP contribution < -0.4 is 10.3 Å². The second kappa shape index (κ2) is 7.08. The highest BCUT2D eigenvalue weighted by Crippen LogP contribution is 2.27. The Morgan fingerprint density at radius 1 is 1.14 bits per heavy atom. The van der Waals surface area contributed by atoms with E-state index in [1.807, 2.05) is 12.1 Å². The van der Waals surface area contributed by atoms with Crippen LogP contribution in [0.5, 0.6) is 5.75 Å². The van der Waals surface area contributed by atoms with Gasteiger partial charge in [-0.3, -0.25) is 9.69 Å². The monoisotopic (exact) mass is 393 g/mol. The normalized spacial score (nSPS) is 15.8. The standard InChI is InChI=1S/C22H20ClN3O2/c23-17-4-2-15(3-5-17)21-24-19-13-26(9-7-18(19)22(27)25-21)12-14-1-6-20-16(11-14)8-10-28-20/h1-6,11H,7-10,12-13H2,(H,24,25,27). The third kappa shape index (κ3) is 3.32. The fourth-order valence-corrected chi connectivity index (χ4v) is 4.10. The molecule has 1 aromatic heterocycles. The van der Waals surface area contributed by atoms with Crippen LogP contribution in [0.1, 0.15) is 22.4 Å². The molecule has 1 N–H and O–H groups in total. The SMILES string of the molecule is O=c1[nH]c(-c2ccc(Cl)cc2)nc2c1CCN(Cc1ccc3c(c1)CCO3)C2. The number of hydrogen-bond acceptors (Lipinski definition) is 4. The lowest BCUT2D eigenvalue weighted by molar-refractivity contribution is 0.240.